The van der Waals surface area contributed by atoms with Crippen LogP contribution in [0, 0.1) is 0 Å². The number of aryl methyl sites for hydroxylation is 4. The Bertz CT molecular complexity index is 563. The maximum atomic E-state index is 5.68. The molecular formula is C15H18N4. The molecule has 19 heavy (non-hydrogen) atoms. The first-order chi connectivity index (χ1) is 9.31. The summed E-state index contributed by atoms with van der Waals surface area (Å²) in [6.07, 6.45) is 6.30. The van der Waals surface area contributed by atoms with Gasteiger partial charge in [0.15, 0.2) is 5.82 Å². The summed E-state index contributed by atoms with van der Waals surface area (Å²) in [7, 11) is 0. The average molecular weight is 254 g/mol. The van der Waals surface area contributed by atoms with E-state index in [0.717, 1.165) is 48.6 Å². The van der Waals surface area contributed by atoms with Crippen molar-refractivity contribution >= 4 is 5.69 Å². The molecule has 1 aromatic carbocycles. The van der Waals surface area contributed by atoms with Crippen molar-refractivity contribution in [2.75, 3.05) is 5.73 Å². The van der Waals surface area contributed by atoms with Crippen LogP contribution in [0.5, 0.6) is 0 Å². The maximum Gasteiger partial charge on any atom is 0.151 e. The summed E-state index contributed by atoms with van der Waals surface area (Å²) in [6.45, 7) is 0. The normalized spacial score (nSPS) is 14.1. The van der Waals surface area contributed by atoms with E-state index < -0.39 is 0 Å². The zero-order chi connectivity index (χ0) is 13.1. The zero-order valence-electron chi connectivity index (χ0n) is 11.0. The van der Waals surface area contributed by atoms with Crippen molar-refractivity contribution in [3.05, 3.63) is 47.0 Å². The number of aromatic nitrogens is 3. The molecule has 4 heteroatoms. The molecule has 2 N–H and O–H groups in total. The van der Waals surface area contributed by atoms with E-state index in [4.69, 9.17) is 5.73 Å². The highest BCUT2D eigenvalue weighted by molar-refractivity contribution is 5.39. The molecule has 0 atom stereocenters. The fourth-order valence-corrected chi connectivity index (χ4v) is 2.44. The summed E-state index contributed by atoms with van der Waals surface area (Å²) in [6, 6.07) is 7.98. The number of hydrogen-bond donors (Lipinski definition) is 1. The van der Waals surface area contributed by atoms with Crippen LogP contribution < -0.4 is 5.73 Å². The number of anilines is 1. The largest absolute Gasteiger partial charge is 0.399 e. The van der Waals surface area contributed by atoms with E-state index in [0.29, 0.717) is 0 Å². The molecule has 0 fully saturated rings. The van der Waals surface area contributed by atoms with Crippen LogP contribution in [0.4, 0.5) is 5.69 Å². The third kappa shape index (κ3) is 2.89. The fourth-order valence-electron chi connectivity index (χ4n) is 2.44. The molecule has 4 nitrogen and oxygen atoms in total. The molecule has 1 aromatic heterocycles. The lowest BCUT2D eigenvalue weighted by atomic mass is 10.0. The van der Waals surface area contributed by atoms with Gasteiger partial charge in [0.25, 0.3) is 0 Å². The molecule has 0 unspecified atom stereocenters. The Hall–Kier alpha value is -1.97. The predicted molar refractivity (Wildman–Crippen MR) is 74.7 cm³/mol. The Morgan fingerprint density at radius 2 is 1.63 bits per heavy atom. The van der Waals surface area contributed by atoms with E-state index in [2.05, 4.69) is 27.3 Å². The van der Waals surface area contributed by atoms with Gasteiger partial charge in [-0.1, -0.05) is 12.1 Å². The van der Waals surface area contributed by atoms with Crippen molar-refractivity contribution in [3.63, 3.8) is 0 Å². The van der Waals surface area contributed by atoms with E-state index in [-0.39, 0.29) is 0 Å². The van der Waals surface area contributed by atoms with E-state index in [1.165, 1.54) is 18.4 Å². The van der Waals surface area contributed by atoms with Gasteiger partial charge in [-0.2, -0.15) is 5.10 Å². The molecule has 0 aliphatic heterocycles. The first-order valence-corrected chi connectivity index (χ1v) is 6.87. The second kappa shape index (κ2) is 5.34. The van der Waals surface area contributed by atoms with Crippen molar-refractivity contribution < 1.29 is 0 Å². The summed E-state index contributed by atoms with van der Waals surface area (Å²) in [4.78, 5) is 4.65. The number of nitrogen functional groups attached to an aromatic ring is 1. The number of nitrogens with zero attached hydrogens (tertiary/aromatic N) is 3. The van der Waals surface area contributed by atoms with Crippen LogP contribution in [0.2, 0.25) is 0 Å². The molecule has 0 bridgehead atoms. The van der Waals surface area contributed by atoms with Gasteiger partial charge in [0.2, 0.25) is 0 Å². The van der Waals surface area contributed by atoms with E-state index >= 15 is 0 Å². The van der Waals surface area contributed by atoms with E-state index in [9.17, 15) is 0 Å². The molecule has 3 rings (SSSR count). The summed E-state index contributed by atoms with van der Waals surface area (Å²) < 4.78 is 0. The number of fused-ring (bicyclic) bond motifs is 1. The third-order valence-corrected chi connectivity index (χ3v) is 3.58. The molecule has 1 aliphatic rings. The van der Waals surface area contributed by atoms with Crippen molar-refractivity contribution in [1.82, 2.24) is 15.2 Å². The molecular weight excluding hydrogens is 236 g/mol. The lowest BCUT2D eigenvalue weighted by Gasteiger charge is -2.13. The molecule has 1 aliphatic carbocycles. The van der Waals surface area contributed by atoms with Crippen molar-refractivity contribution in [3.8, 4) is 0 Å². The van der Waals surface area contributed by atoms with Gasteiger partial charge in [-0.05, 0) is 49.8 Å². The Kier molecular flexibility index (Phi) is 3.40. The Morgan fingerprint density at radius 1 is 0.895 bits per heavy atom. The SMILES string of the molecule is Nc1ccc(CCc2nnc3c(n2)CCCC3)cc1. The van der Waals surface area contributed by atoms with Crippen LogP contribution in [-0.4, -0.2) is 15.2 Å². The average Bonchev–Trinajstić information content (AvgIpc) is 2.46. The molecule has 0 spiro atoms. The zero-order valence-corrected chi connectivity index (χ0v) is 11.0. The number of hydrogen-bond acceptors (Lipinski definition) is 4. The van der Waals surface area contributed by atoms with Crippen LogP contribution in [0.15, 0.2) is 24.3 Å². The summed E-state index contributed by atoms with van der Waals surface area (Å²) in [5.41, 5.74) is 10.00. The smallest absolute Gasteiger partial charge is 0.151 e. The lowest BCUT2D eigenvalue weighted by molar-refractivity contribution is 0.616. The van der Waals surface area contributed by atoms with Crippen molar-refractivity contribution in [2.45, 2.75) is 38.5 Å². The number of benzene rings is 1. The first-order valence-electron chi connectivity index (χ1n) is 6.87. The van der Waals surface area contributed by atoms with Gasteiger partial charge >= 0.3 is 0 Å². The number of nitrogens with two attached hydrogens (primary N) is 1. The summed E-state index contributed by atoms with van der Waals surface area (Å²) >= 11 is 0. The Morgan fingerprint density at radius 3 is 2.42 bits per heavy atom. The van der Waals surface area contributed by atoms with E-state index in [1.54, 1.807) is 0 Å². The fraction of sp³-hybridized carbons (Fsp3) is 0.400. The standard InChI is InChI=1S/C15H18N4/c16-12-8-5-11(6-9-12)7-10-15-17-13-3-1-2-4-14(13)18-19-15/h5-6,8-9H,1-4,7,10,16H2. The second-order valence-corrected chi connectivity index (χ2v) is 5.07. The Labute approximate surface area is 113 Å². The highest BCUT2D eigenvalue weighted by atomic mass is 15.2. The molecule has 0 saturated heterocycles. The quantitative estimate of drug-likeness (QED) is 0.852. The van der Waals surface area contributed by atoms with Crippen molar-refractivity contribution in [2.24, 2.45) is 0 Å². The molecule has 0 saturated carbocycles. The number of rotatable bonds is 3. The molecule has 0 amide bonds. The van der Waals surface area contributed by atoms with Crippen LogP contribution >= 0.6 is 0 Å². The maximum absolute atomic E-state index is 5.68. The van der Waals surface area contributed by atoms with Crippen LogP contribution in [0.25, 0.3) is 0 Å². The van der Waals surface area contributed by atoms with Gasteiger partial charge in [-0.15, -0.1) is 5.10 Å². The third-order valence-electron chi connectivity index (χ3n) is 3.58. The molecule has 0 radical (unpaired) electrons. The molecule has 98 valence electrons. The highest BCUT2D eigenvalue weighted by Crippen LogP contribution is 2.16. The monoisotopic (exact) mass is 254 g/mol. The van der Waals surface area contributed by atoms with Gasteiger partial charge in [0.1, 0.15) is 0 Å². The minimum Gasteiger partial charge on any atom is -0.399 e. The van der Waals surface area contributed by atoms with Gasteiger partial charge in [0.05, 0.1) is 11.4 Å². The van der Waals surface area contributed by atoms with Gasteiger partial charge in [-0.25, -0.2) is 4.98 Å². The van der Waals surface area contributed by atoms with Crippen LogP contribution in [0.3, 0.4) is 0 Å². The van der Waals surface area contributed by atoms with E-state index in [1.807, 2.05) is 12.1 Å². The van der Waals surface area contributed by atoms with Crippen molar-refractivity contribution in [1.29, 1.82) is 0 Å². The van der Waals surface area contributed by atoms with Crippen LogP contribution in [-0.2, 0) is 25.7 Å². The van der Waals surface area contributed by atoms with Gasteiger partial charge in [0, 0.05) is 12.1 Å². The highest BCUT2D eigenvalue weighted by Gasteiger charge is 2.13. The second-order valence-electron chi connectivity index (χ2n) is 5.07. The van der Waals surface area contributed by atoms with Gasteiger partial charge < -0.3 is 5.73 Å². The first kappa shape index (κ1) is 12.1. The predicted octanol–water partition coefficient (Wildman–Crippen LogP) is 2.12. The Balaban J connectivity index is 1.68. The lowest BCUT2D eigenvalue weighted by Crippen LogP contribution is -2.12. The van der Waals surface area contributed by atoms with Gasteiger partial charge in [-0.3, -0.25) is 0 Å². The van der Waals surface area contributed by atoms with Crippen LogP contribution in [0.1, 0.15) is 35.6 Å². The minimum atomic E-state index is 0.801. The summed E-state index contributed by atoms with van der Waals surface area (Å²) in [5.74, 6) is 0.859. The molecule has 1 heterocycles. The topological polar surface area (TPSA) is 64.7 Å². The minimum absolute atomic E-state index is 0.801. The molecule has 2 aromatic rings. The summed E-state index contributed by atoms with van der Waals surface area (Å²) in [5, 5.41) is 8.55.